The van der Waals surface area contributed by atoms with Crippen LogP contribution in [0.2, 0.25) is 0 Å². The molecule has 0 aliphatic carbocycles. The Morgan fingerprint density at radius 3 is 1.35 bits per heavy atom. The van der Waals surface area contributed by atoms with E-state index in [2.05, 4.69) is 10.6 Å². The van der Waals surface area contributed by atoms with Gasteiger partial charge in [-0.25, -0.2) is 0 Å². The maximum Gasteiger partial charge on any atom is 0.270 e. The van der Waals surface area contributed by atoms with Crippen LogP contribution in [0.25, 0.3) is 55.0 Å². The third kappa shape index (κ3) is 3.86. The first-order chi connectivity index (χ1) is 22.1. The minimum absolute atomic E-state index is 0.0108. The van der Waals surface area contributed by atoms with Crippen LogP contribution in [0.5, 0.6) is 0 Å². The van der Waals surface area contributed by atoms with Crippen LogP contribution in [0.15, 0.2) is 96.1 Å². The molecule has 46 heavy (non-hydrogen) atoms. The van der Waals surface area contributed by atoms with Gasteiger partial charge in [-0.3, -0.25) is 29.8 Å². The van der Waals surface area contributed by atoms with Crippen molar-refractivity contribution in [2.45, 2.75) is 0 Å². The van der Waals surface area contributed by atoms with Crippen molar-refractivity contribution in [3.63, 3.8) is 0 Å². The maximum absolute atomic E-state index is 13.2. The summed E-state index contributed by atoms with van der Waals surface area (Å²) in [5, 5.41) is 31.6. The van der Waals surface area contributed by atoms with Crippen molar-refractivity contribution in [3.05, 3.63) is 127 Å². The maximum atomic E-state index is 13.2. The van der Waals surface area contributed by atoms with Crippen molar-refractivity contribution in [2.75, 3.05) is 0 Å². The van der Waals surface area contributed by atoms with E-state index in [0.29, 0.717) is 11.4 Å². The molecule has 8 rings (SSSR count). The number of nitro groups is 2. The molecule has 0 spiro atoms. The van der Waals surface area contributed by atoms with Crippen LogP contribution in [0.1, 0.15) is 11.1 Å². The molecule has 2 N–H and O–H groups in total. The molecular weight excluding hydrogens is 588 g/mol. The zero-order chi connectivity index (χ0) is 32.0. The van der Waals surface area contributed by atoms with Crippen molar-refractivity contribution in [1.29, 1.82) is 0 Å². The number of carbonyl (C=O) groups excluding carboxylic acids is 2. The Bertz CT molecular complexity index is 2370. The van der Waals surface area contributed by atoms with Crippen LogP contribution in [-0.4, -0.2) is 30.8 Å². The zero-order valence-electron chi connectivity index (χ0n) is 24.3. The summed E-state index contributed by atoms with van der Waals surface area (Å²) in [4.78, 5) is 48.1. The number of aryl methyl sites for hydroxylation is 2. The molecule has 4 aromatic carbocycles. The average Bonchev–Trinajstić information content (AvgIpc) is 3.78. The summed E-state index contributed by atoms with van der Waals surface area (Å²) >= 11 is 0. The first-order valence-electron chi connectivity index (χ1n) is 14.2. The van der Waals surface area contributed by atoms with Crippen molar-refractivity contribution in [2.24, 2.45) is 14.1 Å². The number of amides is 2. The van der Waals surface area contributed by atoms with E-state index in [-0.39, 0.29) is 22.5 Å². The Morgan fingerprint density at radius 1 is 0.543 bits per heavy atom. The lowest BCUT2D eigenvalue weighted by Crippen LogP contribution is -2.20. The first-order valence-corrected chi connectivity index (χ1v) is 14.2. The van der Waals surface area contributed by atoms with Crippen LogP contribution in [0.3, 0.4) is 0 Å². The van der Waals surface area contributed by atoms with Crippen molar-refractivity contribution >= 4 is 78.2 Å². The number of hydrogen-bond acceptors (Lipinski definition) is 6. The fourth-order valence-corrected chi connectivity index (χ4v) is 6.54. The molecule has 12 nitrogen and oxygen atoms in total. The van der Waals surface area contributed by atoms with Gasteiger partial charge in [0, 0.05) is 104 Å². The SMILES string of the molecule is Cn1c2ccc([N+](=O)[O-])cc2c2ccc(C3=C/C(=C4/C=C(c5ccc6c7cc([N+](=O)[O-])ccc7n(C)c6c5)NC4=O)C(=O)N3)cc21. The summed E-state index contributed by atoms with van der Waals surface area (Å²) in [7, 11) is 3.76. The lowest BCUT2D eigenvalue weighted by molar-refractivity contribution is -0.384. The normalized spacial score (nSPS) is 16.4. The minimum atomic E-state index is -0.420. The number of fused-ring (bicyclic) bond motifs is 6. The monoisotopic (exact) mass is 610 g/mol. The van der Waals surface area contributed by atoms with E-state index in [1.54, 1.807) is 36.4 Å². The number of rotatable bonds is 4. The number of carbonyl (C=O) groups is 2. The van der Waals surface area contributed by atoms with Crippen LogP contribution >= 0.6 is 0 Å². The molecule has 2 aliphatic heterocycles. The third-order valence-electron chi connectivity index (χ3n) is 8.88. The van der Waals surface area contributed by atoms with Gasteiger partial charge in [0.05, 0.1) is 21.0 Å². The van der Waals surface area contributed by atoms with Crippen molar-refractivity contribution < 1.29 is 19.4 Å². The smallest absolute Gasteiger partial charge is 0.270 e. The largest absolute Gasteiger partial charge is 0.344 e. The molecule has 2 aromatic heterocycles. The Hall–Kier alpha value is -6.56. The summed E-state index contributed by atoms with van der Waals surface area (Å²) in [6.45, 7) is 0. The van der Waals surface area contributed by atoms with E-state index >= 15 is 0 Å². The molecule has 0 saturated heterocycles. The summed E-state index contributed by atoms with van der Waals surface area (Å²) in [5.74, 6) is -0.813. The predicted molar refractivity (Wildman–Crippen MR) is 173 cm³/mol. The van der Waals surface area contributed by atoms with Gasteiger partial charge in [0.15, 0.2) is 0 Å². The standard InChI is InChI=1S/C34H22N6O6/c1-37-29-9-5-19(39(43)44)13-23(29)21-7-3-17(11-31(21)37)27-15-25(33(41)35-27)26-16-28(36-34(26)42)18-4-8-22-24-14-20(40(45)46)6-10-30(24)38(2)32(22)12-18/h3-16H,1-2H3,(H,35,41)(H,36,42)/b26-25+. The van der Waals surface area contributed by atoms with Crippen LogP contribution in [0, 0.1) is 20.2 Å². The molecule has 0 atom stereocenters. The van der Waals surface area contributed by atoms with Gasteiger partial charge in [0.2, 0.25) is 0 Å². The van der Waals surface area contributed by atoms with E-state index in [9.17, 15) is 29.8 Å². The first kappa shape index (κ1) is 27.0. The summed E-state index contributed by atoms with van der Waals surface area (Å²) < 4.78 is 3.89. The highest BCUT2D eigenvalue weighted by molar-refractivity contribution is 6.19. The van der Waals surface area contributed by atoms with Crippen LogP contribution in [-0.2, 0) is 23.7 Å². The molecule has 0 unspecified atom stereocenters. The van der Waals surface area contributed by atoms with Crippen molar-refractivity contribution in [3.8, 4) is 0 Å². The fourth-order valence-electron chi connectivity index (χ4n) is 6.54. The van der Waals surface area contributed by atoms with Gasteiger partial charge in [-0.2, -0.15) is 0 Å². The average molecular weight is 611 g/mol. The van der Waals surface area contributed by atoms with E-state index < -0.39 is 21.7 Å². The second-order valence-corrected chi connectivity index (χ2v) is 11.4. The molecule has 4 heterocycles. The Labute approximate surface area is 258 Å². The molecule has 0 radical (unpaired) electrons. The van der Waals surface area contributed by atoms with Gasteiger partial charge in [-0.05, 0) is 36.4 Å². The van der Waals surface area contributed by atoms with Gasteiger partial charge in [-0.15, -0.1) is 0 Å². The number of non-ortho nitro benzene ring substituents is 2. The number of aromatic nitrogens is 2. The molecule has 224 valence electrons. The molecule has 0 saturated carbocycles. The quantitative estimate of drug-likeness (QED) is 0.148. The predicted octanol–water partition coefficient (Wildman–Crippen LogP) is 5.73. The highest BCUT2D eigenvalue weighted by atomic mass is 16.6. The van der Waals surface area contributed by atoms with Crippen LogP contribution in [0.4, 0.5) is 11.4 Å². The third-order valence-corrected chi connectivity index (χ3v) is 8.88. The lowest BCUT2D eigenvalue weighted by atomic mass is 10.0. The van der Waals surface area contributed by atoms with Gasteiger partial charge < -0.3 is 19.8 Å². The lowest BCUT2D eigenvalue weighted by Gasteiger charge is -2.04. The Kier molecular flexibility index (Phi) is 5.56. The number of hydrogen-bond donors (Lipinski definition) is 2. The summed E-state index contributed by atoms with van der Waals surface area (Å²) in [6.07, 6.45) is 3.32. The molecule has 12 heteroatoms. The Balaban J connectivity index is 1.18. The van der Waals surface area contributed by atoms with Gasteiger partial charge in [-0.1, -0.05) is 24.3 Å². The summed E-state index contributed by atoms with van der Waals surface area (Å²) in [5.41, 5.74) is 6.35. The molecule has 0 bridgehead atoms. The fraction of sp³-hybridized carbons (Fsp3) is 0.0588. The second-order valence-electron chi connectivity index (χ2n) is 11.4. The van der Waals surface area contributed by atoms with Gasteiger partial charge in [0.1, 0.15) is 0 Å². The highest BCUT2D eigenvalue weighted by Gasteiger charge is 2.29. The number of benzene rings is 4. The zero-order valence-corrected chi connectivity index (χ0v) is 24.3. The second kappa shape index (κ2) is 9.47. The van der Waals surface area contributed by atoms with Crippen molar-refractivity contribution in [1.82, 2.24) is 19.8 Å². The van der Waals surface area contributed by atoms with Gasteiger partial charge >= 0.3 is 0 Å². The molecule has 0 fully saturated rings. The highest BCUT2D eigenvalue weighted by Crippen LogP contribution is 2.36. The van der Waals surface area contributed by atoms with Crippen LogP contribution < -0.4 is 10.6 Å². The van der Waals surface area contributed by atoms with E-state index in [1.165, 1.54) is 12.1 Å². The number of nitro benzene ring substituents is 2. The summed E-state index contributed by atoms with van der Waals surface area (Å²) in [6, 6.07) is 20.7. The molecule has 2 amide bonds. The van der Waals surface area contributed by atoms with Gasteiger partial charge in [0.25, 0.3) is 23.2 Å². The number of nitrogens with one attached hydrogen (secondary N) is 2. The molecule has 2 aliphatic rings. The minimum Gasteiger partial charge on any atom is -0.344 e. The molecule has 6 aromatic rings. The van der Waals surface area contributed by atoms with E-state index in [0.717, 1.165) is 54.7 Å². The number of nitrogens with zero attached hydrogens (tertiary/aromatic N) is 4. The Morgan fingerprint density at radius 2 is 0.957 bits per heavy atom. The van der Waals surface area contributed by atoms with E-state index in [4.69, 9.17) is 0 Å². The van der Waals surface area contributed by atoms with E-state index in [1.807, 2.05) is 59.6 Å². The topological polar surface area (TPSA) is 154 Å². The molecular formula is C34H22N6O6.